The fourth-order valence-corrected chi connectivity index (χ4v) is 3.92. The van der Waals surface area contributed by atoms with Crippen LogP contribution in [0.5, 0.6) is 5.75 Å². The minimum atomic E-state index is -3.76. The first-order valence-corrected chi connectivity index (χ1v) is 12.5. The minimum Gasteiger partial charge on any atom is -0.432 e. The van der Waals surface area contributed by atoms with E-state index in [4.69, 9.17) is 0 Å². The summed E-state index contributed by atoms with van der Waals surface area (Å²) in [6.07, 6.45) is -0.894. The van der Waals surface area contributed by atoms with Crippen molar-refractivity contribution in [3.63, 3.8) is 0 Å². The Morgan fingerprint density at radius 1 is 1.06 bits per heavy atom. The van der Waals surface area contributed by atoms with Crippen molar-refractivity contribution in [3.8, 4) is 5.75 Å². The quantitative estimate of drug-likeness (QED) is 0.213. The maximum Gasteiger partial charge on any atom is 0.410 e. The molecule has 2 saturated carbocycles. The van der Waals surface area contributed by atoms with Crippen LogP contribution in [0.25, 0.3) is 0 Å². The Labute approximate surface area is 207 Å². The highest BCUT2D eigenvalue weighted by Gasteiger charge is 2.41. The van der Waals surface area contributed by atoms with Crippen LogP contribution in [0, 0.1) is 11.7 Å². The molecule has 2 aliphatic carbocycles. The van der Waals surface area contributed by atoms with Gasteiger partial charge in [0.2, 0.25) is 11.7 Å². The molecule has 202 valence electrons. The largest absolute Gasteiger partial charge is 0.432 e. The fourth-order valence-electron chi connectivity index (χ4n) is 3.92. The number of halogens is 5. The van der Waals surface area contributed by atoms with Gasteiger partial charge in [0.15, 0.2) is 0 Å². The van der Waals surface area contributed by atoms with Crippen LogP contribution in [0.4, 0.5) is 22.0 Å². The third kappa shape index (κ3) is 10.0. The summed E-state index contributed by atoms with van der Waals surface area (Å²) in [5, 5.41) is 7.91. The Balaban J connectivity index is 1.61. The van der Waals surface area contributed by atoms with Crippen molar-refractivity contribution < 1.29 is 36.3 Å². The second-order valence-electron chi connectivity index (χ2n) is 9.84. The molecule has 6 nitrogen and oxygen atoms in total. The second-order valence-corrected chi connectivity index (χ2v) is 9.84. The molecule has 0 bridgehead atoms. The second kappa shape index (κ2) is 12.3. The van der Waals surface area contributed by atoms with E-state index in [1.165, 1.54) is 0 Å². The summed E-state index contributed by atoms with van der Waals surface area (Å²) in [6, 6.07) is 1.97. The van der Waals surface area contributed by atoms with Crippen molar-refractivity contribution in [3.05, 3.63) is 30.1 Å². The zero-order chi connectivity index (χ0) is 26.3. The number of ether oxygens (including phenoxy) is 1. The summed E-state index contributed by atoms with van der Waals surface area (Å²) in [7, 11) is 0. The molecule has 36 heavy (non-hydrogen) atoms. The zero-order valence-corrected chi connectivity index (χ0v) is 20.3. The summed E-state index contributed by atoms with van der Waals surface area (Å²) in [5.41, 5.74) is 0. The van der Waals surface area contributed by atoms with Gasteiger partial charge in [0.1, 0.15) is 18.1 Å². The molecule has 1 aromatic carbocycles. The van der Waals surface area contributed by atoms with E-state index < -0.39 is 54.6 Å². The molecule has 1 amide bonds. The molecule has 0 unspecified atom stereocenters. The molecule has 3 N–H and O–H groups in total. The molecule has 1 aromatic rings. The van der Waals surface area contributed by atoms with E-state index in [0.717, 1.165) is 49.9 Å². The Hall–Kier alpha value is -2.27. The predicted octanol–water partition coefficient (Wildman–Crippen LogP) is 4.19. The van der Waals surface area contributed by atoms with E-state index in [2.05, 4.69) is 20.7 Å². The SMILES string of the molecule is CCC[C@H](NC[C@@H](CC(F)(F)CC1CC1)NCC(F)(F)Oc1ccc(F)cc1)C(=O)C(=O)NC1CC1. The lowest BCUT2D eigenvalue weighted by Crippen LogP contribution is -2.52. The third-order valence-corrected chi connectivity index (χ3v) is 6.15. The first-order valence-electron chi connectivity index (χ1n) is 12.5. The van der Waals surface area contributed by atoms with Crippen molar-refractivity contribution in [1.82, 2.24) is 16.0 Å². The van der Waals surface area contributed by atoms with E-state index in [1.54, 1.807) is 0 Å². The van der Waals surface area contributed by atoms with Gasteiger partial charge in [-0.05, 0) is 62.3 Å². The van der Waals surface area contributed by atoms with Crippen molar-refractivity contribution in [2.75, 3.05) is 13.1 Å². The molecule has 0 aliphatic heterocycles. The van der Waals surface area contributed by atoms with E-state index in [-0.39, 0.29) is 30.7 Å². The van der Waals surface area contributed by atoms with Gasteiger partial charge in [-0.25, -0.2) is 13.2 Å². The number of carbonyl (C=O) groups excluding carboxylic acids is 2. The lowest BCUT2D eigenvalue weighted by Gasteiger charge is -2.28. The monoisotopic (exact) mass is 519 g/mol. The molecule has 2 atom stereocenters. The van der Waals surface area contributed by atoms with Gasteiger partial charge in [0, 0.05) is 31.5 Å². The number of nitrogens with one attached hydrogen (secondary N) is 3. The number of benzene rings is 1. The van der Waals surface area contributed by atoms with Crippen molar-refractivity contribution in [1.29, 1.82) is 0 Å². The molecule has 11 heteroatoms. The van der Waals surface area contributed by atoms with Gasteiger partial charge in [0.25, 0.3) is 5.91 Å². The van der Waals surface area contributed by atoms with Gasteiger partial charge in [-0.3, -0.25) is 9.59 Å². The maximum atomic E-state index is 14.6. The molecular formula is C25H34F5N3O3. The van der Waals surface area contributed by atoms with Crippen LogP contribution in [0.2, 0.25) is 0 Å². The average molecular weight is 520 g/mol. The van der Waals surface area contributed by atoms with Gasteiger partial charge in [0.05, 0.1) is 6.04 Å². The third-order valence-electron chi connectivity index (χ3n) is 6.15. The summed E-state index contributed by atoms with van der Waals surface area (Å²) in [6.45, 7) is 0.512. The highest BCUT2D eigenvalue weighted by Crippen LogP contribution is 2.40. The predicted molar refractivity (Wildman–Crippen MR) is 124 cm³/mol. The number of Topliss-reactive ketones (excluding diaryl/α,β-unsaturated/α-hetero) is 1. The van der Waals surface area contributed by atoms with E-state index >= 15 is 0 Å². The summed E-state index contributed by atoms with van der Waals surface area (Å²) < 4.78 is 75.7. The van der Waals surface area contributed by atoms with Crippen LogP contribution in [0.3, 0.4) is 0 Å². The summed E-state index contributed by atoms with van der Waals surface area (Å²) in [5.74, 6) is -5.47. The molecule has 2 fully saturated rings. The molecule has 0 spiro atoms. The van der Waals surface area contributed by atoms with Crippen LogP contribution < -0.4 is 20.7 Å². The fraction of sp³-hybridized carbons (Fsp3) is 0.680. The number of ketones is 1. The van der Waals surface area contributed by atoms with Crippen LogP contribution in [-0.2, 0) is 9.59 Å². The number of carbonyl (C=O) groups is 2. The number of hydrogen-bond donors (Lipinski definition) is 3. The Bertz CT molecular complexity index is 876. The number of amides is 1. The van der Waals surface area contributed by atoms with Crippen molar-refractivity contribution in [2.45, 2.75) is 88.4 Å². The summed E-state index contributed by atoms with van der Waals surface area (Å²) in [4.78, 5) is 24.8. The van der Waals surface area contributed by atoms with Crippen molar-refractivity contribution >= 4 is 11.7 Å². The van der Waals surface area contributed by atoms with Gasteiger partial charge in [-0.15, -0.1) is 0 Å². The smallest absolute Gasteiger partial charge is 0.410 e. The number of alkyl halides is 4. The molecule has 0 saturated heterocycles. The Kier molecular flexibility index (Phi) is 9.68. The van der Waals surface area contributed by atoms with E-state index in [1.807, 2.05) is 6.92 Å². The molecule has 0 aromatic heterocycles. The van der Waals surface area contributed by atoms with Gasteiger partial charge in [-0.1, -0.05) is 13.3 Å². The van der Waals surface area contributed by atoms with Crippen LogP contribution in [0.15, 0.2) is 24.3 Å². The van der Waals surface area contributed by atoms with E-state index in [9.17, 15) is 31.5 Å². The molecule has 3 rings (SSSR count). The Morgan fingerprint density at radius 3 is 2.31 bits per heavy atom. The van der Waals surface area contributed by atoms with Gasteiger partial charge < -0.3 is 20.7 Å². The zero-order valence-electron chi connectivity index (χ0n) is 20.3. The van der Waals surface area contributed by atoms with E-state index in [0.29, 0.717) is 12.8 Å². The minimum absolute atomic E-state index is 0.0115. The van der Waals surface area contributed by atoms with Gasteiger partial charge in [-0.2, -0.15) is 8.78 Å². The molecular weight excluding hydrogens is 485 g/mol. The lowest BCUT2D eigenvalue weighted by atomic mass is 10.0. The molecule has 2 aliphatic rings. The highest BCUT2D eigenvalue weighted by atomic mass is 19.3. The molecule has 0 radical (unpaired) electrons. The topological polar surface area (TPSA) is 79.5 Å². The first-order chi connectivity index (χ1) is 17.0. The molecule has 0 heterocycles. The van der Waals surface area contributed by atoms with Crippen molar-refractivity contribution in [2.24, 2.45) is 5.92 Å². The first kappa shape index (κ1) is 28.3. The van der Waals surface area contributed by atoms with Crippen LogP contribution >= 0.6 is 0 Å². The highest BCUT2D eigenvalue weighted by molar-refractivity contribution is 6.38. The van der Waals surface area contributed by atoms with Gasteiger partial charge >= 0.3 is 6.11 Å². The Morgan fingerprint density at radius 2 is 1.72 bits per heavy atom. The maximum absolute atomic E-state index is 14.6. The number of rotatable bonds is 17. The normalized spacial score (nSPS) is 17.9. The number of hydrogen-bond acceptors (Lipinski definition) is 5. The van der Waals surface area contributed by atoms with Crippen LogP contribution in [-0.4, -0.2) is 54.9 Å². The van der Waals surface area contributed by atoms with Crippen LogP contribution in [0.1, 0.15) is 58.3 Å². The average Bonchev–Trinajstić information content (AvgIpc) is 3.73. The standard InChI is InChI=1S/C25H34F5N3O3/c1-2-3-21(22(34)23(35)33-18-8-9-18)31-14-19(13-24(27,28)12-16-4-5-16)32-15-25(29,30)36-20-10-6-17(26)7-11-20/h6-7,10-11,16,18-19,21,31-32H,2-5,8-9,12-15H2,1H3,(H,33,35)/t19-,21+/m1/s1. The summed E-state index contributed by atoms with van der Waals surface area (Å²) >= 11 is 0. The lowest BCUT2D eigenvalue weighted by molar-refractivity contribution is -0.173.